The summed E-state index contributed by atoms with van der Waals surface area (Å²) in [5, 5.41) is 21.5. The molecule has 2 N–H and O–H groups in total. The predicted molar refractivity (Wildman–Crippen MR) is 95.2 cm³/mol. The summed E-state index contributed by atoms with van der Waals surface area (Å²) in [5.41, 5.74) is -5.49. The average Bonchev–Trinajstić information content (AvgIpc) is 3.34. The van der Waals surface area contributed by atoms with E-state index in [2.05, 4.69) is 10.2 Å². The number of aromatic amines is 1. The first-order valence-corrected chi connectivity index (χ1v) is 7.08. The number of piperidine rings is 1. The first-order valence-electron chi connectivity index (χ1n) is 16.6. The van der Waals surface area contributed by atoms with E-state index < -0.39 is 105 Å². The number of hydrogen-bond donors (Lipinski definition) is 2. The van der Waals surface area contributed by atoms with Crippen LogP contribution in [0.4, 0.5) is 0 Å². The molecular formula is C17H25KN6O3. The SMILES string of the molecule is [2H]C(CCN([2H])C(=O)c1c([O-])c2n[nH]nc2n(C([2H])(C([2H])([2H])[2H])C([2H])([2H])[2H])c1=O)N1C([2H])([2H])C([2H])([2H])C([2H])([2H])C([2H])([2H])C1([2H])[2H].[K+]. The van der Waals surface area contributed by atoms with Crippen molar-refractivity contribution < 1.29 is 87.4 Å². The van der Waals surface area contributed by atoms with E-state index in [0.717, 1.165) is 0 Å². The van der Waals surface area contributed by atoms with Crippen LogP contribution in [0.3, 0.4) is 0 Å². The Morgan fingerprint density at radius 2 is 2.22 bits per heavy atom. The maximum absolute atomic E-state index is 13.4. The van der Waals surface area contributed by atoms with Crippen LogP contribution in [0.5, 0.6) is 5.75 Å². The molecule has 0 radical (unpaired) electrons. The molecular weight excluding hydrogens is 375 g/mol. The monoisotopic (exact) mass is 419 g/mol. The molecule has 2 aromatic rings. The largest absolute Gasteiger partial charge is 1.00 e. The molecule has 10 heteroatoms. The molecule has 0 spiro atoms. The zero-order valence-electron chi connectivity index (χ0n) is 33.0. The zero-order chi connectivity index (χ0) is 35.3. The van der Waals surface area contributed by atoms with Crippen molar-refractivity contribution in [3.05, 3.63) is 15.9 Å². The van der Waals surface area contributed by atoms with Crippen LogP contribution in [0.2, 0.25) is 1.41 Å². The molecule has 1 unspecified atom stereocenters. The number of aromatic nitrogens is 4. The predicted octanol–water partition coefficient (Wildman–Crippen LogP) is -2.62. The fourth-order valence-corrected chi connectivity index (χ4v) is 2.11. The first-order chi connectivity index (χ1) is 19.9. The van der Waals surface area contributed by atoms with Gasteiger partial charge in [-0.25, -0.2) is 0 Å². The molecule has 1 fully saturated rings. The third-order valence-corrected chi connectivity index (χ3v) is 3.21. The minimum atomic E-state index is -3.84. The second kappa shape index (κ2) is 10.1. The fourth-order valence-electron chi connectivity index (χ4n) is 2.11. The zero-order valence-corrected chi connectivity index (χ0v) is 17.1. The van der Waals surface area contributed by atoms with Crippen molar-refractivity contribution in [2.24, 2.45) is 0 Å². The second-order valence-corrected chi connectivity index (χ2v) is 4.82. The number of amides is 1. The van der Waals surface area contributed by atoms with Crippen molar-refractivity contribution in [2.75, 3.05) is 26.1 Å². The van der Waals surface area contributed by atoms with E-state index in [1.54, 1.807) is 0 Å². The molecule has 142 valence electrons. The molecule has 1 saturated heterocycles. The van der Waals surface area contributed by atoms with Gasteiger partial charge in [-0.15, -0.1) is 5.10 Å². The van der Waals surface area contributed by atoms with Crippen molar-refractivity contribution in [1.29, 1.82) is 0 Å². The van der Waals surface area contributed by atoms with E-state index in [1.165, 1.54) is 0 Å². The summed E-state index contributed by atoms with van der Waals surface area (Å²) >= 11 is 0. The van der Waals surface area contributed by atoms with Gasteiger partial charge in [0.15, 0.2) is 7.06 Å². The van der Waals surface area contributed by atoms with Crippen molar-refractivity contribution in [3.63, 3.8) is 0 Å². The number of nitrogens with zero attached hydrogens (tertiary/aromatic N) is 4. The Bertz CT molecular complexity index is 1510. The van der Waals surface area contributed by atoms with Crippen molar-refractivity contribution in [3.8, 4) is 5.75 Å². The Labute approximate surface area is 227 Å². The van der Waals surface area contributed by atoms with Crippen LogP contribution >= 0.6 is 0 Å². The van der Waals surface area contributed by atoms with Gasteiger partial charge in [-0.05, 0) is 52.4 Å². The quantitative estimate of drug-likeness (QED) is 0.495. The van der Waals surface area contributed by atoms with Crippen molar-refractivity contribution >= 4 is 17.1 Å². The number of hydrogen-bond acceptors (Lipinski definition) is 6. The van der Waals surface area contributed by atoms with E-state index in [0.29, 0.717) is 0 Å². The molecule has 1 aliphatic rings. The number of fused-ring (bicyclic) bond motifs is 1. The second-order valence-electron chi connectivity index (χ2n) is 4.82. The minimum Gasteiger partial charge on any atom is -0.870 e. The summed E-state index contributed by atoms with van der Waals surface area (Å²) in [7, 11) is 0. The van der Waals surface area contributed by atoms with Crippen molar-refractivity contribution in [1.82, 2.24) is 30.2 Å². The van der Waals surface area contributed by atoms with Gasteiger partial charge in [-0.3, -0.25) is 14.2 Å². The van der Waals surface area contributed by atoms with Crippen LogP contribution in [0.25, 0.3) is 11.2 Å². The molecule has 1 amide bonds. The molecule has 1 atom stereocenters. The van der Waals surface area contributed by atoms with E-state index in [4.69, 9.17) is 26.1 Å². The maximum atomic E-state index is 13.4. The molecule has 27 heavy (non-hydrogen) atoms. The summed E-state index contributed by atoms with van der Waals surface area (Å²) in [5.74, 6) is -3.41. The number of carbonyl (C=O) groups excluding carboxylic acids is 1. The van der Waals surface area contributed by atoms with Crippen LogP contribution in [-0.2, 0) is 0 Å². The van der Waals surface area contributed by atoms with Gasteiger partial charge >= 0.3 is 51.4 Å². The number of H-pyrrole nitrogens is 1. The molecule has 2 aromatic heterocycles. The van der Waals surface area contributed by atoms with Gasteiger partial charge in [0.05, 0.1) is 6.93 Å². The van der Waals surface area contributed by atoms with E-state index in [1.807, 2.05) is 5.21 Å². The number of nitrogens with one attached hydrogen (secondary N) is 2. The third kappa shape index (κ3) is 4.98. The van der Waals surface area contributed by atoms with Gasteiger partial charge in [0.25, 0.3) is 11.5 Å². The average molecular weight is 420 g/mol. The number of carbonyl (C=O) groups is 1. The molecule has 0 aliphatic carbocycles. The molecule has 0 saturated carbocycles. The third-order valence-electron chi connectivity index (χ3n) is 3.21. The number of pyridine rings is 1. The Hall–Kier alpha value is -0.784. The minimum absolute atomic E-state index is 0. The molecule has 3 heterocycles. The normalized spacial score (nSPS) is 37.3. The Morgan fingerprint density at radius 3 is 2.93 bits per heavy atom. The summed E-state index contributed by atoms with van der Waals surface area (Å²) in [6.45, 7) is -18.4. The van der Waals surface area contributed by atoms with Gasteiger partial charge in [0.1, 0.15) is 5.52 Å². The van der Waals surface area contributed by atoms with Gasteiger partial charge in [-0.1, -0.05) is 12.1 Å². The van der Waals surface area contributed by atoms with Gasteiger partial charge in [0.2, 0.25) is 0 Å². The topological polar surface area (TPSA) is 119 Å². The summed E-state index contributed by atoms with van der Waals surface area (Å²) < 4.78 is 150. The Balaban J connectivity index is 0.00000736. The molecule has 0 bridgehead atoms. The smallest absolute Gasteiger partial charge is 0.870 e. The van der Waals surface area contributed by atoms with Crippen LogP contribution < -0.4 is 67.4 Å². The first kappa shape index (κ1) is 7.80. The summed E-state index contributed by atoms with van der Waals surface area (Å²) in [4.78, 5) is 26.4. The fraction of sp³-hybridized carbons (Fsp3) is 0.647. The van der Waals surface area contributed by atoms with E-state index in [9.17, 15) is 14.7 Å². The maximum Gasteiger partial charge on any atom is 1.00 e. The van der Waals surface area contributed by atoms with Crippen LogP contribution in [0.15, 0.2) is 4.79 Å². The molecule has 9 nitrogen and oxygen atoms in total. The van der Waals surface area contributed by atoms with Gasteiger partial charge in [0, 0.05) is 35.9 Å². The standard InChI is InChI=1S/C17H26N6O3.K/c1-11(2)23-15-13(19-21-20-15)14(24)12(17(23)26)16(25)18-7-6-10-22-8-4-3-5-9-22;/h11,24H,3-10H2,1-2H3,(H,18,25)(H,19,20,21);/q;+1/p-1/i1D3,2D3,3D2,4D2,5D2,8D2,9D2,10D,11D;/hD. The van der Waals surface area contributed by atoms with E-state index >= 15 is 0 Å². The molecule has 0 aromatic carbocycles. The summed E-state index contributed by atoms with van der Waals surface area (Å²) in [6.07, 6.45) is -12.3. The van der Waals surface area contributed by atoms with E-state index in [-0.39, 0.29) is 66.2 Å². The molecule has 3 rings (SSSR count). The number of rotatable bonds is 6. The molecule has 1 aliphatic heterocycles. The van der Waals surface area contributed by atoms with Crippen LogP contribution in [0, 0.1) is 0 Å². The Morgan fingerprint density at radius 1 is 1.48 bits per heavy atom. The van der Waals surface area contributed by atoms with Crippen LogP contribution in [0.1, 0.15) is 80.3 Å². The van der Waals surface area contributed by atoms with Gasteiger partial charge in [-0.2, -0.15) is 10.3 Å². The summed E-state index contributed by atoms with van der Waals surface area (Å²) in [6, 6.07) is -3.84. The Kier molecular flexibility index (Phi) is 2.93. The number of likely N-dealkylation sites (tertiary alicyclic amines) is 1. The van der Waals surface area contributed by atoms with Crippen LogP contribution in [-0.4, -0.2) is 56.8 Å². The van der Waals surface area contributed by atoms with Crippen molar-refractivity contribution in [2.45, 2.75) is 45.3 Å². The van der Waals surface area contributed by atoms with Gasteiger partial charge < -0.3 is 15.3 Å².